The van der Waals surface area contributed by atoms with E-state index in [1.165, 1.54) is 16.7 Å². The average Bonchev–Trinajstić information content (AvgIpc) is 2.80. The van der Waals surface area contributed by atoms with E-state index in [4.69, 9.17) is 0 Å². The highest BCUT2D eigenvalue weighted by atomic mass is 32.2. The molecular formula is C15H18N2O3S2. The molecule has 1 atom stereocenters. The first-order chi connectivity index (χ1) is 10.3. The lowest BCUT2D eigenvalue weighted by molar-refractivity contribution is -0.113. The van der Waals surface area contributed by atoms with Crippen LogP contribution in [0.2, 0.25) is 0 Å². The van der Waals surface area contributed by atoms with Crippen LogP contribution in [0.1, 0.15) is 48.5 Å². The molecule has 0 saturated carbocycles. The highest BCUT2D eigenvalue weighted by Gasteiger charge is 2.34. The second-order valence-electron chi connectivity index (χ2n) is 6.52. The fraction of sp³-hybridized carbons (Fsp3) is 0.533. The van der Waals surface area contributed by atoms with E-state index in [2.05, 4.69) is 10.3 Å². The van der Waals surface area contributed by atoms with Crippen LogP contribution >= 0.6 is 11.3 Å². The number of ketones is 1. The predicted molar refractivity (Wildman–Crippen MR) is 87.5 cm³/mol. The van der Waals surface area contributed by atoms with Crippen molar-refractivity contribution < 1.29 is 13.8 Å². The summed E-state index contributed by atoms with van der Waals surface area (Å²) >= 11 is 1.24. The molecule has 0 radical (unpaired) electrons. The van der Waals surface area contributed by atoms with Gasteiger partial charge in [-0.1, -0.05) is 25.2 Å². The molecule has 1 aliphatic carbocycles. The molecule has 0 saturated heterocycles. The van der Waals surface area contributed by atoms with Gasteiger partial charge in [0, 0.05) is 34.0 Å². The molecule has 1 aromatic heterocycles. The molecule has 118 valence electrons. The average molecular weight is 338 g/mol. The van der Waals surface area contributed by atoms with E-state index in [1.54, 1.807) is 0 Å². The summed E-state index contributed by atoms with van der Waals surface area (Å²) in [4.78, 5) is 29.4. The third kappa shape index (κ3) is 3.20. The highest BCUT2D eigenvalue weighted by Crippen LogP contribution is 2.38. The predicted octanol–water partition coefficient (Wildman–Crippen LogP) is 2.66. The van der Waals surface area contributed by atoms with Gasteiger partial charge in [-0.05, 0) is 24.7 Å². The van der Waals surface area contributed by atoms with E-state index in [9.17, 15) is 13.8 Å². The number of thiazole rings is 1. The SMILES string of the molecule is CC1(C)CC(=O)c2sc(NC(=O)C3=CS(=O)CCC3)nc2C1. The van der Waals surface area contributed by atoms with E-state index < -0.39 is 10.8 Å². The van der Waals surface area contributed by atoms with Crippen molar-refractivity contribution in [1.82, 2.24) is 4.98 Å². The van der Waals surface area contributed by atoms with E-state index in [0.717, 1.165) is 18.5 Å². The number of hydrogen-bond acceptors (Lipinski definition) is 5. The van der Waals surface area contributed by atoms with Crippen molar-refractivity contribution in [3.63, 3.8) is 0 Å². The second kappa shape index (κ2) is 5.70. The first-order valence-electron chi connectivity index (χ1n) is 7.26. The molecule has 1 aromatic rings. The molecule has 2 heterocycles. The van der Waals surface area contributed by atoms with E-state index in [0.29, 0.717) is 34.2 Å². The second-order valence-corrected chi connectivity index (χ2v) is 8.93. The maximum absolute atomic E-state index is 12.2. The fourth-order valence-corrected chi connectivity index (χ4v) is 4.80. The number of carbonyl (C=O) groups is 2. The summed E-state index contributed by atoms with van der Waals surface area (Å²) in [6.45, 7) is 4.10. The van der Waals surface area contributed by atoms with Gasteiger partial charge in [0.15, 0.2) is 10.9 Å². The molecular weight excluding hydrogens is 320 g/mol. The van der Waals surface area contributed by atoms with Crippen molar-refractivity contribution in [1.29, 1.82) is 0 Å². The minimum absolute atomic E-state index is 0.0811. The maximum atomic E-state index is 12.2. The zero-order valence-electron chi connectivity index (χ0n) is 12.6. The lowest BCUT2D eigenvalue weighted by Crippen LogP contribution is -2.26. The lowest BCUT2D eigenvalue weighted by atomic mass is 9.78. The molecule has 0 spiro atoms. The van der Waals surface area contributed by atoms with Crippen LogP contribution in [0.25, 0.3) is 0 Å². The number of hydrogen-bond donors (Lipinski definition) is 1. The maximum Gasteiger partial charge on any atom is 0.253 e. The van der Waals surface area contributed by atoms with Gasteiger partial charge in [0.25, 0.3) is 5.91 Å². The molecule has 7 heteroatoms. The molecule has 3 rings (SSSR count). The van der Waals surface area contributed by atoms with Gasteiger partial charge in [-0.25, -0.2) is 4.98 Å². The Morgan fingerprint density at radius 1 is 1.41 bits per heavy atom. The van der Waals surface area contributed by atoms with Crippen LogP contribution in [0.4, 0.5) is 5.13 Å². The topological polar surface area (TPSA) is 76.1 Å². The Balaban J connectivity index is 1.79. The van der Waals surface area contributed by atoms with Crippen LogP contribution in [0, 0.1) is 5.41 Å². The zero-order valence-corrected chi connectivity index (χ0v) is 14.2. The first-order valence-corrected chi connectivity index (χ1v) is 9.46. The molecule has 0 bridgehead atoms. The minimum Gasteiger partial charge on any atom is -0.298 e. The summed E-state index contributed by atoms with van der Waals surface area (Å²) in [5.74, 6) is 0.458. The van der Waals surface area contributed by atoms with Crippen LogP contribution in [0.5, 0.6) is 0 Å². The van der Waals surface area contributed by atoms with Crippen LogP contribution < -0.4 is 5.32 Å². The molecule has 1 N–H and O–H groups in total. The standard InChI is InChI=1S/C15H18N2O3S2/c1-15(2)6-10-12(11(18)7-15)21-14(16-10)17-13(19)9-4-3-5-22(20)8-9/h8H,3-7H2,1-2H3,(H,16,17,19). The smallest absolute Gasteiger partial charge is 0.253 e. The Hall–Kier alpha value is -1.34. The highest BCUT2D eigenvalue weighted by molar-refractivity contribution is 7.88. The molecule has 1 amide bonds. The number of aromatic nitrogens is 1. The Morgan fingerprint density at radius 2 is 2.18 bits per heavy atom. The van der Waals surface area contributed by atoms with Crippen LogP contribution in [-0.4, -0.2) is 26.6 Å². The number of Topliss-reactive ketones (excluding diaryl/α,β-unsaturated/α-hetero) is 1. The van der Waals surface area contributed by atoms with Crippen molar-refractivity contribution >= 4 is 39.0 Å². The van der Waals surface area contributed by atoms with Gasteiger partial charge in [-0.15, -0.1) is 0 Å². The first kappa shape index (κ1) is 15.6. The van der Waals surface area contributed by atoms with Gasteiger partial charge in [-0.3, -0.25) is 19.1 Å². The third-order valence-electron chi connectivity index (χ3n) is 3.81. The molecule has 22 heavy (non-hydrogen) atoms. The number of nitrogens with zero attached hydrogens (tertiary/aromatic N) is 1. The van der Waals surface area contributed by atoms with Gasteiger partial charge in [-0.2, -0.15) is 0 Å². The Bertz CT molecular complexity index is 704. The van der Waals surface area contributed by atoms with E-state index >= 15 is 0 Å². The van der Waals surface area contributed by atoms with Crippen LogP contribution in [0.3, 0.4) is 0 Å². The molecule has 0 aromatic carbocycles. The molecule has 2 aliphatic rings. The summed E-state index contributed by atoms with van der Waals surface area (Å²) in [6, 6.07) is 0. The number of fused-ring (bicyclic) bond motifs is 1. The van der Waals surface area contributed by atoms with Crippen molar-refractivity contribution in [2.24, 2.45) is 5.41 Å². The van der Waals surface area contributed by atoms with Gasteiger partial charge in [0.05, 0.1) is 10.6 Å². The molecule has 5 nitrogen and oxygen atoms in total. The number of carbonyl (C=O) groups excluding carboxylic acids is 2. The van der Waals surface area contributed by atoms with Gasteiger partial charge >= 0.3 is 0 Å². The number of nitrogens with one attached hydrogen (secondary N) is 1. The number of rotatable bonds is 2. The van der Waals surface area contributed by atoms with Crippen LogP contribution in [0.15, 0.2) is 11.0 Å². The molecule has 1 aliphatic heterocycles. The monoisotopic (exact) mass is 338 g/mol. The lowest BCUT2D eigenvalue weighted by Gasteiger charge is -2.26. The largest absolute Gasteiger partial charge is 0.298 e. The van der Waals surface area contributed by atoms with E-state index in [1.807, 2.05) is 13.8 Å². The Labute approximate surface area is 135 Å². The van der Waals surface area contributed by atoms with Gasteiger partial charge < -0.3 is 0 Å². The third-order valence-corrected chi connectivity index (χ3v) is 6.11. The summed E-state index contributed by atoms with van der Waals surface area (Å²) in [5.41, 5.74) is 1.24. The molecule has 1 unspecified atom stereocenters. The Kier molecular flexibility index (Phi) is 4.03. The number of amides is 1. The van der Waals surface area contributed by atoms with Gasteiger partial charge in [0.1, 0.15) is 0 Å². The summed E-state index contributed by atoms with van der Waals surface area (Å²) in [6.07, 6.45) is 2.65. The number of anilines is 1. The summed E-state index contributed by atoms with van der Waals surface area (Å²) in [5, 5.41) is 4.74. The van der Waals surface area contributed by atoms with Crippen molar-refractivity contribution in [3.05, 3.63) is 21.6 Å². The quantitative estimate of drug-likeness (QED) is 0.899. The minimum atomic E-state index is -1.05. The fourth-order valence-electron chi connectivity index (χ4n) is 2.80. The van der Waals surface area contributed by atoms with Gasteiger partial charge in [0.2, 0.25) is 0 Å². The van der Waals surface area contributed by atoms with E-state index in [-0.39, 0.29) is 17.1 Å². The normalized spacial score (nSPS) is 23.6. The van der Waals surface area contributed by atoms with Crippen molar-refractivity contribution in [2.45, 2.75) is 39.5 Å². The summed E-state index contributed by atoms with van der Waals surface area (Å²) in [7, 11) is -1.05. The van der Waals surface area contributed by atoms with Crippen LogP contribution in [-0.2, 0) is 22.0 Å². The zero-order chi connectivity index (χ0) is 15.9. The molecule has 0 fully saturated rings. The summed E-state index contributed by atoms with van der Waals surface area (Å²) < 4.78 is 11.5. The van der Waals surface area contributed by atoms with Crippen molar-refractivity contribution in [3.8, 4) is 0 Å². The van der Waals surface area contributed by atoms with Crippen molar-refractivity contribution in [2.75, 3.05) is 11.1 Å². The Morgan fingerprint density at radius 3 is 2.91 bits per heavy atom.